The Balaban J connectivity index is 2.16. The van der Waals surface area contributed by atoms with Crippen molar-refractivity contribution in [2.24, 2.45) is 0 Å². The lowest BCUT2D eigenvalue weighted by molar-refractivity contribution is -0.146. The maximum atomic E-state index is 11.5. The van der Waals surface area contributed by atoms with Crippen LogP contribution in [-0.2, 0) is 9.53 Å². The number of rotatable bonds is 4. The molecule has 92 valence electrons. The van der Waals surface area contributed by atoms with Gasteiger partial charge >= 0.3 is 12.0 Å². The van der Waals surface area contributed by atoms with Gasteiger partial charge in [-0.1, -0.05) is 0 Å². The molecule has 2 amide bonds. The number of aliphatic carboxylic acids is 1. The predicted molar refractivity (Wildman–Crippen MR) is 54.1 cm³/mol. The minimum absolute atomic E-state index is 0.00537. The summed E-state index contributed by atoms with van der Waals surface area (Å²) in [5, 5.41) is 19.9. The number of morpholine rings is 1. The van der Waals surface area contributed by atoms with E-state index < -0.39 is 12.1 Å². The fourth-order valence-corrected chi connectivity index (χ4v) is 1.32. The van der Waals surface area contributed by atoms with Crippen LogP contribution in [0.3, 0.4) is 0 Å². The summed E-state index contributed by atoms with van der Waals surface area (Å²) in [4.78, 5) is 23.4. The Kier molecular flexibility index (Phi) is 5.00. The number of hydrogen-bond acceptors (Lipinski definition) is 4. The number of carboxylic acid groups (broad SMARTS) is 1. The van der Waals surface area contributed by atoms with E-state index in [4.69, 9.17) is 14.9 Å². The molecule has 0 spiro atoms. The van der Waals surface area contributed by atoms with Crippen molar-refractivity contribution in [2.75, 3.05) is 32.8 Å². The third-order valence-corrected chi connectivity index (χ3v) is 2.28. The molecule has 0 aliphatic carbocycles. The van der Waals surface area contributed by atoms with Crippen LogP contribution in [0.1, 0.15) is 6.42 Å². The summed E-state index contributed by atoms with van der Waals surface area (Å²) < 4.78 is 5.08. The molecule has 0 aromatic heterocycles. The average Bonchev–Trinajstić information content (AvgIpc) is 2.29. The molecule has 1 aliphatic heterocycles. The number of hydrogen-bond donors (Lipinski definition) is 3. The molecule has 0 aromatic carbocycles. The van der Waals surface area contributed by atoms with E-state index in [1.807, 2.05) is 0 Å². The van der Waals surface area contributed by atoms with Gasteiger partial charge in [0.05, 0.1) is 13.2 Å². The summed E-state index contributed by atoms with van der Waals surface area (Å²) >= 11 is 0. The van der Waals surface area contributed by atoms with Crippen LogP contribution in [0, 0.1) is 0 Å². The molecule has 0 saturated carbocycles. The van der Waals surface area contributed by atoms with Crippen LogP contribution in [0.4, 0.5) is 4.79 Å². The Hall–Kier alpha value is -1.34. The number of nitrogens with one attached hydrogen (secondary N) is 1. The summed E-state index contributed by atoms with van der Waals surface area (Å²) in [5.41, 5.74) is 0. The van der Waals surface area contributed by atoms with Crippen molar-refractivity contribution in [2.45, 2.75) is 12.5 Å². The molecule has 1 rings (SSSR count). The van der Waals surface area contributed by atoms with Crippen molar-refractivity contribution in [3.63, 3.8) is 0 Å². The number of carbonyl (C=O) groups excluding carboxylic acids is 1. The second-order valence-electron chi connectivity index (χ2n) is 3.47. The number of nitrogens with zero attached hydrogens (tertiary/aromatic N) is 1. The molecule has 16 heavy (non-hydrogen) atoms. The van der Waals surface area contributed by atoms with Gasteiger partial charge in [0.2, 0.25) is 0 Å². The number of ether oxygens (including phenoxy) is 1. The van der Waals surface area contributed by atoms with Gasteiger partial charge in [-0.25, -0.2) is 9.59 Å². The number of aliphatic hydroxyl groups is 1. The van der Waals surface area contributed by atoms with Crippen LogP contribution in [0.15, 0.2) is 0 Å². The van der Waals surface area contributed by atoms with E-state index in [0.29, 0.717) is 26.3 Å². The SMILES string of the molecule is O=C(O)C(O)CCNC(=O)N1CCOCC1. The highest BCUT2D eigenvalue weighted by atomic mass is 16.5. The minimum Gasteiger partial charge on any atom is -0.479 e. The van der Waals surface area contributed by atoms with Gasteiger partial charge in [-0.3, -0.25) is 0 Å². The molecule has 1 heterocycles. The van der Waals surface area contributed by atoms with Gasteiger partial charge in [0, 0.05) is 26.1 Å². The Morgan fingerprint density at radius 1 is 1.38 bits per heavy atom. The van der Waals surface area contributed by atoms with Crippen LogP contribution in [0.5, 0.6) is 0 Å². The quantitative estimate of drug-likeness (QED) is 0.569. The van der Waals surface area contributed by atoms with Crippen molar-refractivity contribution in [1.82, 2.24) is 10.2 Å². The lowest BCUT2D eigenvalue weighted by Gasteiger charge is -2.27. The zero-order valence-corrected chi connectivity index (χ0v) is 8.89. The summed E-state index contributed by atoms with van der Waals surface area (Å²) in [6, 6.07) is -0.249. The number of carboxylic acids is 1. The van der Waals surface area contributed by atoms with E-state index >= 15 is 0 Å². The molecule has 1 atom stereocenters. The first kappa shape index (κ1) is 12.7. The summed E-state index contributed by atoms with van der Waals surface area (Å²) in [5.74, 6) is -1.28. The van der Waals surface area contributed by atoms with E-state index in [1.54, 1.807) is 4.90 Å². The first-order chi connectivity index (χ1) is 7.61. The van der Waals surface area contributed by atoms with Crippen LogP contribution >= 0.6 is 0 Å². The summed E-state index contributed by atoms with van der Waals surface area (Å²) in [7, 11) is 0. The largest absolute Gasteiger partial charge is 0.479 e. The molecule has 1 aliphatic rings. The topological polar surface area (TPSA) is 99.1 Å². The molecule has 1 saturated heterocycles. The third kappa shape index (κ3) is 4.03. The van der Waals surface area contributed by atoms with Crippen LogP contribution in [0.2, 0.25) is 0 Å². The highest BCUT2D eigenvalue weighted by Crippen LogP contribution is 1.97. The van der Waals surface area contributed by atoms with Gasteiger partial charge in [-0.2, -0.15) is 0 Å². The molecule has 7 nitrogen and oxygen atoms in total. The van der Waals surface area contributed by atoms with Gasteiger partial charge in [-0.15, -0.1) is 0 Å². The fraction of sp³-hybridized carbons (Fsp3) is 0.778. The molecule has 0 radical (unpaired) electrons. The molecule has 0 bridgehead atoms. The lowest BCUT2D eigenvalue weighted by Crippen LogP contribution is -2.46. The molecule has 3 N–H and O–H groups in total. The second-order valence-corrected chi connectivity index (χ2v) is 3.47. The van der Waals surface area contributed by atoms with Gasteiger partial charge in [0.25, 0.3) is 0 Å². The van der Waals surface area contributed by atoms with Crippen molar-refractivity contribution in [3.05, 3.63) is 0 Å². The van der Waals surface area contributed by atoms with E-state index in [-0.39, 0.29) is 19.0 Å². The van der Waals surface area contributed by atoms with E-state index in [9.17, 15) is 9.59 Å². The molecule has 7 heteroatoms. The Morgan fingerprint density at radius 2 is 2.00 bits per heavy atom. The molecular weight excluding hydrogens is 216 g/mol. The van der Waals surface area contributed by atoms with Crippen LogP contribution in [0.25, 0.3) is 0 Å². The lowest BCUT2D eigenvalue weighted by atomic mass is 10.2. The van der Waals surface area contributed by atoms with Crippen LogP contribution < -0.4 is 5.32 Å². The first-order valence-electron chi connectivity index (χ1n) is 5.12. The number of amides is 2. The summed E-state index contributed by atoms with van der Waals surface area (Å²) in [6.07, 6.45) is -1.42. The average molecular weight is 232 g/mol. The Morgan fingerprint density at radius 3 is 2.56 bits per heavy atom. The highest BCUT2D eigenvalue weighted by Gasteiger charge is 2.17. The number of urea groups is 1. The summed E-state index contributed by atoms with van der Waals surface area (Å²) in [6.45, 7) is 2.25. The minimum atomic E-state index is -1.43. The maximum absolute atomic E-state index is 11.5. The normalized spacial score (nSPS) is 17.9. The first-order valence-corrected chi connectivity index (χ1v) is 5.12. The molecular formula is C9H16N2O5. The van der Waals surface area contributed by atoms with E-state index in [1.165, 1.54) is 0 Å². The van der Waals surface area contributed by atoms with E-state index in [0.717, 1.165) is 0 Å². The van der Waals surface area contributed by atoms with Crippen molar-refractivity contribution in [1.29, 1.82) is 0 Å². The molecule has 1 fully saturated rings. The van der Waals surface area contributed by atoms with Gasteiger partial charge in [0.1, 0.15) is 0 Å². The van der Waals surface area contributed by atoms with Crippen molar-refractivity contribution in [3.8, 4) is 0 Å². The van der Waals surface area contributed by atoms with Crippen LogP contribution in [-0.4, -0.2) is 66.1 Å². The van der Waals surface area contributed by atoms with Gasteiger partial charge in [0.15, 0.2) is 6.10 Å². The molecule has 1 unspecified atom stereocenters. The zero-order valence-electron chi connectivity index (χ0n) is 8.89. The Labute approximate surface area is 93.0 Å². The third-order valence-electron chi connectivity index (χ3n) is 2.28. The standard InChI is InChI=1S/C9H16N2O5/c12-7(8(13)14)1-2-10-9(15)11-3-5-16-6-4-11/h7,12H,1-6H2,(H,10,15)(H,13,14). The number of aliphatic hydroxyl groups excluding tert-OH is 1. The zero-order chi connectivity index (χ0) is 12.0. The Bertz CT molecular complexity index is 252. The van der Waals surface area contributed by atoms with Gasteiger partial charge < -0.3 is 25.2 Å². The monoisotopic (exact) mass is 232 g/mol. The van der Waals surface area contributed by atoms with Crippen molar-refractivity contribution < 1.29 is 24.5 Å². The smallest absolute Gasteiger partial charge is 0.332 e. The maximum Gasteiger partial charge on any atom is 0.332 e. The second kappa shape index (κ2) is 6.29. The van der Waals surface area contributed by atoms with Crippen molar-refractivity contribution >= 4 is 12.0 Å². The van der Waals surface area contributed by atoms with E-state index in [2.05, 4.69) is 5.32 Å². The highest BCUT2D eigenvalue weighted by molar-refractivity contribution is 5.74. The fourth-order valence-electron chi connectivity index (χ4n) is 1.32. The number of carbonyl (C=O) groups is 2. The predicted octanol–water partition coefficient (Wildman–Crippen LogP) is -1.14. The molecule has 0 aromatic rings. The van der Waals surface area contributed by atoms with Gasteiger partial charge in [-0.05, 0) is 0 Å².